The Hall–Kier alpha value is -2.95. The van der Waals surface area contributed by atoms with Gasteiger partial charge in [-0.15, -0.1) is 0 Å². The molecule has 0 aliphatic rings. The molecule has 0 fully saturated rings. The van der Waals surface area contributed by atoms with E-state index in [0.717, 1.165) is 19.3 Å². The van der Waals surface area contributed by atoms with Crippen molar-refractivity contribution in [3.63, 3.8) is 0 Å². The van der Waals surface area contributed by atoms with Crippen LogP contribution in [0.25, 0.3) is 22.1 Å². The summed E-state index contributed by atoms with van der Waals surface area (Å²) in [6.07, 6.45) is 9.67. The number of hydrogen-bond acceptors (Lipinski definition) is 4. The van der Waals surface area contributed by atoms with Crippen molar-refractivity contribution in [2.24, 2.45) is 0 Å². The molecular weight excluding hydrogens is 383 g/mol. The van der Waals surface area contributed by atoms with E-state index in [2.05, 4.69) is 6.92 Å². The predicted molar refractivity (Wildman–Crippen MR) is 116 cm³/mol. The maximum Gasteiger partial charge on any atom is 0.311 e. The number of benzene rings is 2. The lowest BCUT2D eigenvalue weighted by molar-refractivity contribution is -0.134. The number of unbranched alkanes of at least 4 members (excludes halogenated alkanes) is 6. The van der Waals surface area contributed by atoms with Gasteiger partial charge in [-0.05, 0) is 36.2 Å². The molecule has 5 heteroatoms. The molecule has 0 bridgehead atoms. The number of rotatable bonds is 10. The van der Waals surface area contributed by atoms with Crippen LogP contribution in [0, 0.1) is 5.82 Å². The minimum atomic E-state index is -0.369. The topological polar surface area (TPSA) is 56.5 Å². The quantitative estimate of drug-likeness (QED) is 0.213. The second-order valence-electron chi connectivity index (χ2n) is 7.49. The lowest BCUT2D eigenvalue weighted by Gasteiger charge is -2.07. The number of ether oxygens (including phenoxy) is 1. The maximum absolute atomic E-state index is 13.1. The van der Waals surface area contributed by atoms with E-state index in [0.29, 0.717) is 34.3 Å². The Bertz CT molecular complexity index is 1040. The maximum atomic E-state index is 13.1. The molecular formula is C25H27FO4. The van der Waals surface area contributed by atoms with Crippen LogP contribution in [-0.2, 0) is 4.79 Å². The zero-order chi connectivity index (χ0) is 21.3. The number of carbonyl (C=O) groups is 1. The summed E-state index contributed by atoms with van der Waals surface area (Å²) in [5.41, 5.74) is 1.05. The minimum absolute atomic E-state index is 0.219. The lowest BCUT2D eigenvalue weighted by atomic mass is 10.1. The van der Waals surface area contributed by atoms with E-state index in [-0.39, 0.29) is 17.2 Å². The first-order chi connectivity index (χ1) is 14.6. The molecule has 0 N–H and O–H groups in total. The second-order valence-corrected chi connectivity index (χ2v) is 7.49. The van der Waals surface area contributed by atoms with Gasteiger partial charge in [-0.2, -0.15) is 0 Å². The molecule has 0 atom stereocenters. The number of fused-ring (bicyclic) bond motifs is 1. The predicted octanol–water partition coefficient (Wildman–Crippen LogP) is 6.65. The molecule has 4 nitrogen and oxygen atoms in total. The average Bonchev–Trinajstić information content (AvgIpc) is 2.74. The fourth-order valence-electron chi connectivity index (χ4n) is 3.41. The van der Waals surface area contributed by atoms with Gasteiger partial charge in [0, 0.05) is 12.5 Å². The lowest BCUT2D eigenvalue weighted by Crippen LogP contribution is -2.08. The molecule has 1 aromatic heterocycles. The van der Waals surface area contributed by atoms with Gasteiger partial charge in [-0.3, -0.25) is 9.59 Å². The van der Waals surface area contributed by atoms with Gasteiger partial charge in [-0.1, -0.05) is 57.6 Å². The summed E-state index contributed by atoms with van der Waals surface area (Å²) < 4.78 is 24.1. The molecule has 0 unspecified atom stereocenters. The Morgan fingerprint density at radius 1 is 0.967 bits per heavy atom. The Kier molecular flexibility index (Phi) is 7.77. The normalized spacial score (nSPS) is 11.0. The molecule has 30 heavy (non-hydrogen) atoms. The zero-order valence-corrected chi connectivity index (χ0v) is 17.3. The zero-order valence-electron chi connectivity index (χ0n) is 17.3. The van der Waals surface area contributed by atoms with E-state index in [4.69, 9.17) is 9.15 Å². The Morgan fingerprint density at radius 3 is 2.40 bits per heavy atom. The monoisotopic (exact) mass is 410 g/mol. The standard InChI is InChI=1S/C25H27FO4/c1-2-3-4-5-6-7-8-9-24(27)30-20-14-15-21-23(16-20)29-17-22(25(21)28)18-10-12-19(26)13-11-18/h10-17H,2-9H2,1H3. The van der Waals surface area contributed by atoms with Crippen LogP contribution in [0.1, 0.15) is 58.3 Å². The van der Waals surface area contributed by atoms with Crippen LogP contribution in [0.3, 0.4) is 0 Å². The highest BCUT2D eigenvalue weighted by molar-refractivity contribution is 5.83. The molecule has 3 rings (SSSR count). The third-order valence-corrected chi connectivity index (χ3v) is 5.12. The van der Waals surface area contributed by atoms with Crippen molar-refractivity contribution in [3.8, 4) is 16.9 Å². The summed E-state index contributed by atoms with van der Waals surface area (Å²) in [5, 5.41) is 0.378. The smallest absolute Gasteiger partial charge is 0.311 e. The van der Waals surface area contributed by atoms with Crippen molar-refractivity contribution < 1.29 is 18.3 Å². The number of carbonyl (C=O) groups excluding carboxylic acids is 1. The molecule has 0 aliphatic carbocycles. The fourth-order valence-corrected chi connectivity index (χ4v) is 3.41. The van der Waals surface area contributed by atoms with Gasteiger partial charge in [0.15, 0.2) is 5.43 Å². The molecule has 3 aromatic rings. The van der Waals surface area contributed by atoms with Crippen LogP contribution in [0.5, 0.6) is 5.75 Å². The first kappa shape index (κ1) is 21.8. The Labute approximate surface area is 175 Å². The summed E-state index contributed by atoms with van der Waals surface area (Å²) in [6, 6.07) is 10.4. The molecule has 2 aromatic carbocycles. The summed E-state index contributed by atoms with van der Waals surface area (Å²) in [5.74, 6) is -0.298. The molecule has 0 aliphatic heterocycles. The number of esters is 1. The summed E-state index contributed by atoms with van der Waals surface area (Å²) in [7, 11) is 0. The third-order valence-electron chi connectivity index (χ3n) is 5.12. The highest BCUT2D eigenvalue weighted by atomic mass is 19.1. The second kappa shape index (κ2) is 10.7. The van der Waals surface area contributed by atoms with Crippen molar-refractivity contribution in [2.75, 3.05) is 0 Å². The first-order valence-electron chi connectivity index (χ1n) is 10.6. The van der Waals surface area contributed by atoms with Crippen LogP contribution in [0.15, 0.2) is 57.9 Å². The fraction of sp³-hybridized carbons (Fsp3) is 0.360. The van der Waals surface area contributed by atoms with Crippen molar-refractivity contribution >= 4 is 16.9 Å². The van der Waals surface area contributed by atoms with E-state index < -0.39 is 0 Å². The van der Waals surface area contributed by atoms with Gasteiger partial charge in [-0.25, -0.2) is 4.39 Å². The largest absolute Gasteiger partial charge is 0.463 e. The molecule has 0 spiro atoms. The van der Waals surface area contributed by atoms with E-state index in [1.165, 1.54) is 56.2 Å². The third kappa shape index (κ3) is 5.78. The van der Waals surface area contributed by atoms with Crippen LogP contribution in [0.2, 0.25) is 0 Å². The van der Waals surface area contributed by atoms with Crippen LogP contribution in [-0.4, -0.2) is 5.97 Å². The van der Waals surface area contributed by atoms with E-state index in [1.54, 1.807) is 18.2 Å². The Morgan fingerprint density at radius 2 is 1.67 bits per heavy atom. The van der Waals surface area contributed by atoms with Crippen LogP contribution in [0.4, 0.5) is 4.39 Å². The van der Waals surface area contributed by atoms with Gasteiger partial charge in [0.25, 0.3) is 0 Å². The van der Waals surface area contributed by atoms with Crippen molar-refractivity contribution in [1.82, 2.24) is 0 Å². The SMILES string of the molecule is CCCCCCCCCC(=O)Oc1ccc2c(=O)c(-c3ccc(F)cc3)coc2c1. The van der Waals surface area contributed by atoms with Crippen LogP contribution >= 0.6 is 0 Å². The van der Waals surface area contributed by atoms with Crippen molar-refractivity contribution in [1.29, 1.82) is 0 Å². The van der Waals surface area contributed by atoms with Crippen molar-refractivity contribution in [3.05, 3.63) is 64.8 Å². The van der Waals surface area contributed by atoms with E-state index >= 15 is 0 Å². The average molecular weight is 410 g/mol. The van der Waals surface area contributed by atoms with E-state index in [1.807, 2.05) is 0 Å². The molecule has 0 saturated carbocycles. The number of hydrogen-bond donors (Lipinski definition) is 0. The number of halogens is 1. The summed E-state index contributed by atoms with van der Waals surface area (Å²) >= 11 is 0. The first-order valence-corrected chi connectivity index (χ1v) is 10.6. The van der Waals surface area contributed by atoms with Gasteiger partial charge < -0.3 is 9.15 Å². The minimum Gasteiger partial charge on any atom is -0.463 e. The molecule has 0 amide bonds. The van der Waals surface area contributed by atoms with E-state index in [9.17, 15) is 14.0 Å². The molecule has 0 saturated heterocycles. The van der Waals surface area contributed by atoms with Gasteiger partial charge in [0.05, 0.1) is 10.9 Å². The highest BCUT2D eigenvalue weighted by Crippen LogP contribution is 2.24. The van der Waals surface area contributed by atoms with Gasteiger partial charge >= 0.3 is 5.97 Å². The van der Waals surface area contributed by atoms with Crippen molar-refractivity contribution in [2.45, 2.75) is 58.3 Å². The Balaban J connectivity index is 1.60. The summed E-state index contributed by atoms with van der Waals surface area (Å²) in [6.45, 7) is 2.19. The summed E-state index contributed by atoms with van der Waals surface area (Å²) in [4.78, 5) is 24.8. The van der Waals surface area contributed by atoms with Gasteiger partial charge in [0.2, 0.25) is 0 Å². The van der Waals surface area contributed by atoms with Gasteiger partial charge in [0.1, 0.15) is 23.4 Å². The molecule has 158 valence electrons. The highest BCUT2D eigenvalue weighted by Gasteiger charge is 2.12. The molecule has 1 heterocycles. The van der Waals surface area contributed by atoms with Crippen LogP contribution < -0.4 is 10.2 Å². The molecule has 0 radical (unpaired) electrons.